The Morgan fingerprint density at radius 2 is 1.90 bits per heavy atom. The number of nitrogens with one attached hydrogen (secondary N) is 3. The highest BCUT2D eigenvalue weighted by Crippen LogP contribution is 2.29. The molecule has 0 aliphatic rings. The Morgan fingerprint density at radius 3 is 2.63 bits per heavy atom. The summed E-state index contributed by atoms with van der Waals surface area (Å²) in [6.45, 7) is 3.36. The molecule has 1 heterocycles. The second-order valence-electron chi connectivity index (χ2n) is 6.57. The van der Waals surface area contributed by atoms with Crippen LogP contribution >= 0.6 is 35.3 Å². The van der Waals surface area contributed by atoms with Crippen molar-refractivity contribution in [1.29, 1.82) is 0 Å². The molecular formula is C22H27IN4O2S. The van der Waals surface area contributed by atoms with Crippen molar-refractivity contribution in [2.24, 2.45) is 4.99 Å². The summed E-state index contributed by atoms with van der Waals surface area (Å²) >= 11 is 1.59. The van der Waals surface area contributed by atoms with E-state index in [1.54, 1.807) is 24.5 Å². The van der Waals surface area contributed by atoms with Crippen LogP contribution in [0.2, 0.25) is 0 Å². The van der Waals surface area contributed by atoms with E-state index in [4.69, 9.17) is 0 Å². The first kappa shape index (κ1) is 24.1. The highest BCUT2D eigenvalue weighted by atomic mass is 127. The summed E-state index contributed by atoms with van der Waals surface area (Å²) in [4.78, 5) is 17.1. The van der Waals surface area contributed by atoms with Gasteiger partial charge in [-0.05, 0) is 42.1 Å². The molecule has 0 saturated carbocycles. The molecule has 30 heavy (non-hydrogen) atoms. The number of aliphatic hydroxyl groups excluding tert-OH is 1. The third-order valence-corrected chi connectivity index (χ3v) is 5.66. The lowest BCUT2D eigenvalue weighted by molar-refractivity contribution is 0.0955. The number of guanidine groups is 1. The van der Waals surface area contributed by atoms with Crippen LogP contribution < -0.4 is 16.0 Å². The summed E-state index contributed by atoms with van der Waals surface area (Å²) in [6, 6.07) is 17.6. The van der Waals surface area contributed by atoms with E-state index in [0.717, 1.165) is 20.5 Å². The summed E-state index contributed by atoms with van der Waals surface area (Å²) in [5.74, 6) is 0.511. The number of thiophene rings is 1. The average Bonchev–Trinajstić information content (AvgIpc) is 3.18. The number of fused-ring (bicyclic) bond motifs is 1. The lowest BCUT2D eigenvalue weighted by Crippen LogP contribution is -2.38. The molecule has 2 aromatic carbocycles. The van der Waals surface area contributed by atoms with Crippen LogP contribution in [0.3, 0.4) is 0 Å². The Bertz CT molecular complexity index is 972. The maximum Gasteiger partial charge on any atom is 0.251 e. The summed E-state index contributed by atoms with van der Waals surface area (Å²) in [5.41, 5.74) is 1.61. The first-order chi connectivity index (χ1) is 14.1. The quantitative estimate of drug-likeness (QED) is 0.210. The molecule has 0 fully saturated rings. The van der Waals surface area contributed by atoms with Gasteiger partial charge in [0, 0.05) is 41.8 Å². The maximum absolute atomic E-state index is 12.0. The summed E-state index contributed by atoms with van der Waals surface area (Å²) in [6.07, 6.45) is -0.619. The Balaban J connectivity index is 0.00000320. The number of aliphatic hydroxyl groups is 1. The monoisotopic (exact) mass is 538 g/mol. The second kappa shape index (κ2) is 11.9. The summed E-state index contributed by atoms with van der Waals surface area (Å²) in [7, 11) is 1.69. The van der Waals surface area contributed by atoms with Crippen molar-refractivity contribution in [2.75, 3.05) is 20.1 Å². The van der Waals surface area contributed by atoms with Gasteiger partial charge in [0.25, 0.3) is 5.91 Å². The lowest BCUT2D eigenvalue weighted by Gasteiger charge is -2.15. The zero-order valence-electron chi connectivity index (χ0n) is 17.0. The van der Waals surface area contributed by atoms with Crippen LogP contribution in [0.15, 0.2) is 59.6 Å². The van der Waals surface area contributed by atoms with Crippen LogP contribution in [0.25, 0.3) is 10.1 Å². The molecule has 8 heteroatoms. The number of nitrogens with zero attached hydrogens (tertiary/aromatic N) is 1. The highest BCUT2D eigenvalue weighted by Gasteiger charge is 2.12. The zero-order chi connectivity index (χ0) is 20.6. The number of amides is 1. The van der Waals surface area contributed by atoms with Gasteiger partial charge in [-0.2, -0.15) is 0 Å². The van der Waals surface area contributed by atoms with E-state index in [2.05, 4.69) is 27.0 Å². The number of carbonyl (C=O) groups is 1. The SMILES string of the molecule is CCNC(=O)c1cccc(CNC(=NC)NCC(O)c2cc3ccccc3s2)c1.I. The Hall–Kier alpha value is -2.17. The van der Waals surface area contributed by atoms with Crippen LogP contribution in [-0.2, 0) is 6.54 Å². The van der Waals surface area contributed by atoms with Gasteiger partial charge in [-0.1, -0.05) is 30.3 Å². The fourth-order valence-electron chi connectivity index (χ4n) is 2.95. The molecule has 0 aliphatic heterocycles. The minimum Gasteiger partial charge on any atom is -0.386 e. The summed E-state index contributed by atoms with van der Waals surface area (Å²) < 4.78 is 1.16. The smallest absolute Gasteiger partial charge is 0.251 e. The molecule has 0 bridgehead atoms. The number of carbonyl (C=O) groups excluding carboxylic acids is 1. The van der Waals surface area contributed by atoms with Gasteiger partial charge < -0.3 is 21.1 Å². The fourth-order valence-corrected chi connectivity index (χ4v) is 4.00. The van der Waals surface area contributed by atoms with Crippen molar-refractivity contribution < 1.29 is 9.90 Å². The highest BCUT2D eigenvalue weighted by molar-refractivity contribution is 14.0. The molecule has 1 unspecified atom stereocenters. The predicted octanol–water partition coefficient (Wildman–Crippen LogP) is 3.67. The van der Waals surface area contributed by atoms with E-state index >= 15 is 0 Å². The van der Waals surface area contributed by atoms with Crippen molar-refractivity contribution in [1.82, 2.24) is 16.0 Å². The van der Waals surface area contributed by atoms with Gasteiger partial charge in [-0.25, -0.2) is 0 Å². The zero-order valence-corrected chi connectivity index (χ0v) is 20.2. The maximum atomic E-state index is 12.0. The van der Waals surface area contributed by atoms with Crippen molar-refractivity contribution in [3.05, 3.63) is 70.6 Å². The van der Waals surface area contributed by atoms with Crippen molar-refractivity contribution in [3.8, 4) is 0 Å². The van der Waals surface area contributed by atoms with Gasteiger partial charge in [0.15, 0.2) is 5.96 Å². The Kier molecular flexibility index (Phi) is 9.54. The minimum atomic E-state index is -0.619. The largest absolute Gasteiger partial charge is 0.386 e. The molecule has 3 rings (SSSR count). The van der Waals surface area contributed by atoms with Crippen LogP contribution in [0, 0.1) is 0 Å². The van der Waals surface area contributed by atoms with Gasteiger partial charge >= 0.3 is 0 Å². The standard InChI is InChI=1S/C22H26N4O2S.HI/c1-3-24-21(28)17-9-6-7-15(11-17)13-25-22(23-2)26-14-18(27)20-12-16-8-4-5-10-19(16)29-20;/h4-12,18,27H,3,13-14H2,1-2H3,(H,24,28)(H2,23,25,26);1H. The third-order valence-electron chi connectivity index (χ3n) is 4.45. The van der Waals surface area contributed by atoms with Crippen molar-refractivity contribution in [3.63, 3.8) is 0 Å². The van der Waals surface area contributed by atoms with E-state index in [1.807, 2.05) is 49.4 Å². The lowest BCUT2D eigenvalue weighted by atomic mass is 10.1. The molecular weight excluding hydrogens is 511 g/mol. The fraction of sp³-hybridized carbons (Fsp3) is 0.273. The van der Waals surface area contributed by atoms with Crippen LogP contribution in [0.1, 0.15) is 33.8 Å². The third kappa shape index (κ3) is 6.41. The molecule has 6 nitrogen and oxygen atoms in total. The number of rotatable bonds is 7. The van der Waals surface area contributed by atoms with Gasteiger partial charge in [0.2, 0.25) is 0 Å². The van der Waals surface area contributed by atoms with E-state index in [9.17, 15) is 9.90 Å². The first-order valence-corrected chi connectivity index (χ1v) is 10.4. The number of halogens is 1. The molecule has 1 aromatic heterocycles. The number of hydrogen-bond acceptors (Lipinski definition) is 4. The first-order valence-electron chi connectivity index (χ1n) is 9.59. The molecule has 0 spiro atoms. The number of aliphatic imine (C=N–C) groups is 1. The summed E-state index contributed by atoms with van der Waals surface area (Å²) in [5, 5.41) is 20.8. The topological polar surface area (TPSA) is 85.8 Å². The van der Waals surface area contributed by atoms with E-state index in [1.165, 1.54) is 0 Å². The predicted molar refractivity (Wildman–Crippen MR) is 135 cm³/mol. The van der Waals surface area contributed by atoms with Crippen LogP contribution in [0.4, 0.5) is 0 Å². The van der Waals surface area contributed by atoms with E-state index in [0.29, 0.717) is 31.2 Å². The van der Waals surface area contributed by atoms with Crippen molar-refractivity contribution >= 4 is 57.3 Å². The second-order valence-corrected chi connectivity index (χ2v) is 7.68. The minimum absolute atomic E-state index is 0. The molecule has 160 valence electrons. The van der Waals surface area contributed by atoms with E-state index < -0.39 is 6.10 Å². The van der Waals surface area contributed by atoms with Crippen molar-refractivity contribution in [2.45, 2.75) is 19.6 Å². The van der Waals surface area contributed by atoms with Crippen LogP contribution in [-0.4, -0.2) is 37.1 Å². The average molecular weight is 538 g/mol. The van der Waals surface area contributed by atoms with Gasteiger partial charge in [0.05, 0.1) is 0 Å². The van der Waals surface area contributed by atoms with E-state index in [-0.39, 0.29) is 29.9 Å². The molecule has 0 aliphatic carbocycles. The Morgan fingerprint density at radius 1 is 1.10 bits per heavy atom. The Labute approximate surface area is 197 Å². The number of hydrogen-bond donors (Lipinski definition) is 4. The normalized spacial score (nSPS) is 12.2. The van der Waals surface area contributed by atoms with Gasteiger partial charge in [-0.15, -0.1) is 35.3 Å². The van der Waals surface area contributed by atoms with Crippen LogP contribution in [0.5, 0.6) is 0 Å². The number of benzene rings is 2. The molecule has 3 aromatic rings. The van der Waals surface area contributed by atoms with Gasteiger partial charge in [-0.3, -0.25) is 9.79 Å². The molecule has 4 N–H and O–H groups in total. The molecule has 0 saturated heterocycles. The molecule has 1 atom stereocenters. The molecule has 0 radical (unpaired) electrons. The molecule has 1 amide bonds. The van der Waals surface area contributed by atoms with Gasteiger partial charge in [0.1, 0.15) is 6.10 Å².